The Morgan fingerprint density at radius 2 is 1.73 bits per heavy atom. The molecule has 1 aliphatic heterocycles. The topological polar surface area (TPSA) is 39.9 Å². The molecule has 1 saturated heterocycles. The molecule has 1 fully saturated rings. The van der Waals surface area contributed by atoms with Gasteiger partial charge in [0.15, 0.2) is 0 Å². The number of rotatable bonds is 7. The van der Waals surface area contributed by atoms with Gasteiger partial charge in [0, 0.05) is 26.2 Å². The lowest BCUT2D eigenvalue weighted by molar-refractivity contribution is -0.139. The predicted octanol–water partition coefficient (Wildman–Crippen LogP) is 3.01. The van der Waals surface area contributed by atoms with Crippen molar-refractivity contribution in [1.82, 2.24) is 14.7 Å². The van der Waals surface area contributed by atoms with E-state index in [1.165, 1.54) is 0 Å². The molecule has 1 aromatic heterocycles. The number of hydrogen-bond acceptors (Lipinski definition) is 4. The Kier molecular flexibility index (Phi) is 6.47. The summed E-state index contributed by atoms with van der Waals surface area (Å²) in [5.74, 6) is 1.20. The molecule has 26 heavy (non-hydrogen) atoms. The molecule has 2 heterocycles. The summed E-state index contributed by atoms with van der Waals surface area (Å²) >= 11 is 0. The molecule has 5 nitrogen and oxygen atoms in total. The van der Waals surface area contributed by atoms with E-state index in [1.807, 2.05) is 35.2 Å². The summed E-state index contributed by atoms with van der Waals surface area (Å²) in [6.07, 6.45) is 1.71. The van der Waals surface area contributed by atoms with Crippen LogP contribution in [0.5, 0.6) is 0 Å². The Balaban J connectivity index is 1.66. The average Bonchev–Trinajstić information content (AvgIpc) is 3.20. The number of carbonyl (C=O) groups is 1. The molecular weight excluding hydrogens is 326 g/mol. The highest BCUT2D eigenvalue weighted by Crippen LogP contribution is 2.24. The standard InChI is InChI=1S/C21H29N3O2/c1-3-23(4-2)20(18-9-6-5-7-10-18)21(25)24-14-12-22(13-15-24)17-19-11-8-16-26-19/h5-11,16,20H,3-4,12-15,17H2,1-2H3. The Morgan fingerprint density at radius 3 is 2.31 bits per heavy atom. The van der Waals surface area contributed by atoms with E-state index in [0.29, 0.717) is 0 Å². The van der Waals surface area contributed by atoms with Gasteiger partial charge in [0.05, 0.1) is 12.8 Å². The lowest BCUT2D eigenvalue weighted by atomic mass is 10.0. The van der Waals surface area contributed by atoms with E-state index in [0.717, 1.165) is 57.1 Å². The van der Waals surface area contributed by atoms with Crippen LogP contribution < -0.4 is 0 Å². The molecule has 1 aliphatic rings. The SMILES string of the molecule is CCN(CC)C(C(=O)N1CCN(Cc2ccco2)CC1)c1ccccc1. The van der Waals surface area contributed by atoms with Crippen molar-refractivity contribution in [3.63, 3.8) is 0 Å². The van der Waals surface area contributed by atoms with Gasteiger partial charge in [0.25, 0.3) is 0 Å². The molecule has 1 unspecified atom stereocenters. The molecule has 0 N–H and O–H groups in total. The van der Waals surface area contributed by atoms with Gasteiger partial charge in [-0.3, -0.25) is 14.6 Å². The maximum absolute atomic E-state index is 13.3. The first-order chi connectivity index (χ1) is 12.7. The van der Waals surface area contributed by atoms with E-state index in [4.69, 9.17) is 4.42 Å². The van der Waals surface area contributed by atoms with Crippen LogP contribution in [0.4, 0.5) is 0 Å². The summed E-state index contributed by atoms with van der Waals surface area (Å²) in [5, 5.41) is 0. The first-order valence-electron chi connectivity index (χ1n) is 9.55. The Hall–Kier alpha value is -2.11. The first kappa shape index (κ1) is 18.7. The number of hydrogen-bond donors (Lipinski definition) is 0. The Bertz CT molecular complexity index is 660. The molecule has 0 bridgehead atoms. The van der Waals surface area contributed by atoms with Gasteiger partial charge in [-0.2, -0.15) is 0 Å². The van der Waals surface area contributed by atoms with Crippen LogP contribution in [0.25, 0.3) is 0 Å². The van der Waals surface area contributed by atoms with Gasteiger partial charge in [0.1, 0.15) is 11.8 Å². The number of piperazine rings is 1. The maximum atomic E-state index is 13.3. The van der Waals surface area contributed by atoms with Gasteiger partial charge in [-0.25, -0.2) is 0 Å². The van der Waals surface area contributed by atoms with Crippen LogP contribution in [0.3, 0.4) is 0 Å². The fourth-order valence-corrected chi connectivity index (χ4v) is 3.66. The second-order valence-electron chi connectivity index (χ2n) is 6.72. The normalized spacial score (nSPS) is 16.8. The molecule has 5 heteroatoms. The third-order valence-corrected chi connectivity index (χ3v) is 5.17. The second kappa shape index (κ2) is 9.01. The van der Waals surface area contributed by atoms with Crippen LogP contribution in [0, 0.1) is 0 Å². The van der Waals surface area contributed by atoms with Crippen molar-refractivity contribution >= 4 is 5.91 Å². The van der Waals surface area contributed by atoms with Gasteiger partial charge < -0.3 is 9.32 Å². The lowest BCUT2D eigenvalue weighted by Crippen LogP contribution is -2.51. The molecule has 0 radical (unpaired) electrons. The Labute approximate surface area is 156 Å². The molecule has 1 amide bonds. The highest BCUT2D eigenvalue weighted by Gasteiger charge is 2.31. The van der Waals surface area contributed by atoms with E-state index >= 15 is 0 Å². The van der Waals surface area contributed by atoms with Crippen molar-refractivity contribution in [3.8, 4) is 0 Å². The molecular formula is C21H29N3O2. The van der Waals surface area contributed by atoms with Crippen molar-refractivity contribution in [2.45, 2.75) is 26.4 Å². The van der Waals surface area contributed by atoms with Gasteiger partial charge in [-0.15, -0.1) is 0 Å². The zero-order chi connectivity index (χ0) is 18.4. The first-order valence-corrected chi connectivity index (χ1v) is 9.55. The number of nitrogens with zero attached hydrogens (tertiary/aromatic N) is 3. The average molecular weight is 355 g/mol. The second-order valence-corrected chi connectivity index (χ2v) is 6.72. The van der Waals surface area contributed by atoms with E-state index in [9.17, 15) is 4.79 Å². The monoisotopic (exact) mass is 355 g/mol. The number of likely N-dealkylation sites (N-methyl/N-ethyl adjacent to an activating group) is 1. The van der Waals surface area contributed by atoms with Crippen LogP contribution in [0.1, 0.15) is 31.2 Å². The summed E-state index contributed by atoms with van der Waals surface area (Å²) in [6.45, 7) is 10.1. The minimum atomic E-state index is -0.192. The van der Waals surface area contributed by atoms with Crippen LogP contribution in [0.2, 0.25) is 0 Å². The van der Waals surface area contributed by atoms with Gasteiger partial charge >= 0.3 is 0 Å². The highest BCUT2D eigenvalue weighted by atomic mass is 16.3. The van der Waals surface area contributed by atoms with Crippen molar-refractivity contribution in [3.05, 3.63) is 60.1 Å². The molecule has 1 aromatic carbocycles. The van der Waals surface area contributed by atoms with Crippen LogP contribution in [-0.2, 0) is 11.3 Å². The van der Waals surface area contributed by atoms with Crippen molar-refractivity contribution in [2.24, 2.45) is 0 Å². The molecule has 0 aliphatic carbocycles. The molecule has 2 aromatic rings. The molecule has 1 atom stereocenters. The summed E-state index contributed by atoms with van der Waals surface area (Å²) < 4.78 is 5.44. The van der Waals surface area contributed by atoms with E-state index < -0.39 is 0 Å². The van der Waals surface area contributed by atoms with Gasteiger partial charge in [0.2, 0.25) is 5.91 Å². The molecule has 140 valence electrons. The fourth-order valence-electron chi connectivity index (χ4n) is 3.66. The third kappa shape index (κ3) is 4.34. The minimum absolute atomic E-state index is 0.192. The molecule has 3 rings (SSSR count). The summed E-state index contributed by atoms with van der Waals surface area (Å²) in [7, 11) is 0. The van der Waals surface area contributed by atoms with Gasteiger partial charge in [-0.1, -0.05) is 44.2 Å². The quantitative estimate of drug-likeness (QED) is 0.765. The number of amides is 1. The van der Waals surface area contributed by atoms with E-state index in [1.54, 1.807) is 6.26 Å². The van der Waals surface area contributed by atoms with E-state index in [2.05, 4.69) is 35.8 Å². The van der Waals surface area contributed by atoms with Crippen LogP contribution in [-0.4, -0.2) is 59.9 Å². The maximum Gasteiger partial charge on any atom is 0.244 e. The van der Waals surface area contributed by atoms with Crippen LogP contribution >= 0.6 is 0 Å². The van der Waals surface area contributed by atoms with Crippen molar-refractivity contribution < 1.29 is 9.21 Å². The molecule has 0 spiro atoms. The zero-order valence-electron chi connectivity index (χ0n) is 15.8. The van der Waals surface area contributed by atoms with Gasteiger partial charge in [-0.05, 0) is 30.8 Å². The third-order valence-electron chi connectivity index (χ3n) is 5.17. The van der Waals surface area contributed by atoms with Crippen molar-refractivity contribution in [1.29, 1.82) is 0 Å². The predicted molar refractivity (Wildman–Crippen MR) is 103 cm³/mol. The summed E-state index contributed by atoms with van der Waals surface area (Å²) in [5.41, 5.74) is 1.08. The van der Waals surface area contributed by atoms with Crippen LogP contribution in [0.15, 0.2) is 53.1 Å². The number of carbonyl (C=O) groups excluding carboxylic acids is 1. The van der Waals surface area contributed by atoms with Crippen molar-refractivity contribution in [2.75, 3.05) is 39.3 Å². The summed E-state index contributed by atoms with van der Waals surface area (Å²) in [6, 6.07) is 13.9. The zero-order valence-corrected chi connectivity index (χ0v) is 15.8. The highest BCUT2D eigenvalue weighted by molar-refractivity contribution is 5.83. The smallest absolute Gasteiger partial charge is 0.244 e. The van der Waals surface area contributed by atoms with E-state index in [-0.39, 0.29) is 11.9 Å². The minimum Gasteiger partial charge on any atom is -0.468 e. The number of benzene rings is 1. The fraction of sp³-hybridized carbons (Fsp3) is 0.476. The largest absolute Gasteiger partial charge is 0.468 e. The molecule has 0 saturated carbocycles. The lowest BCUT2D eigenvalue weighted by Gasteiger charge is -2.38. The summed E-state index contributed by atoms with van der Waals surface area (Å²) in [4.78, 5) is 19.9. The Morgan fingerprint density at radius 1 is 1.04 bits per heavy atom. The number of furan rings is 1.